The van der Waals surface area contributed by atoms with E-state index in [-0.39, 0.29) is 5.82 Å². The van der Waals surface area contributed by atoms with Crippen LogP contribution in [0.25, 0.3) is 22.4 Å². The molecule has 0 atom stereocenters. The molecule has 0 radical (unpaired) electrons. The molecule has 0 amide bonds. The van der Waals surface area contributed by atoms with Gasteiger partial charge in [0.25, 0.3) is 0 Å². The van der Waals surface area contributed by atoms with Crippen molar-refractivity contribution in [3.63, 3.8) is 0 Å². The van der Waals surface area contributed by atoms with E-state index in [2.05, 4.69) is 52.4 Å². The minimum absolute atomic E-state index is 0.238. The van der Waals surface area contributed by atoms with Gasteiger partial charge in [-0.25, -0.2) is 19.3 Å². The van der Waals surface area contributed by atoms with Gasteiger partial charge in [-0.1, -0.05) is 34.1 Å². The molecule has 8 heteroatoms. The summed E-state index contributed by atoms with van der Waals surface area (Å²) in [4.78, 5) is 16.9. The molecule has 4 heterocycles. The third-order valence-corrected chi connectivity index (χ3v) is 5.59. The molecule has 0 aliphatic carbocycles. The van der Waals surface area contributed by atoms with Gasteiger partial charge in [0.1, 0.15) is 11.6 Å². The second kappa shape index (κ2) is 10.1. The summed E-state index contributed by atoms with van der Waals surface area (Å²) in [5.74, 6) is 2.47. The Hall–Kier alpha value is -3.68. The van der Waals surface area contributed by atoms with Gasteiger partial charge in [-0.15, -0.1) is 0 Å². The fourth-order valence-corrected chi connectivity index (χ4v) is 3.96. The number of nitrogens with one attached hydrogen (secondary N) is 2. The molecule has 0 bridgehead atoms. The van der Waals surface area contributed by atoms with Crippen molar-refractivity contribution in [1.82, 2.24) is 28.9 Å². The highest BCUT2D eigenvalue weighted by atomic mass is 19.1. The Morgan fingerprint density at radius 1 is 1.18 bits per heavy atom. The SMILES string of the molecule is CCC.Cc1nccn1-c1cn2c(C(C)C)cnc2c(NCCc2c[nH]c3cc(F)ccc23)n1. The minimum atomic E-state index is -0.238. The van der Waals surface area contributed by atoms with Crippen molar-refractivity contribution in [2.45, 2.75) is 53.4 Å². The van der Waals surface area contributed by atoms with Crippen LogP contribution in [0.2, 0.25) is 0 Å². The molecule has 0 fully saturated rings. The molecule has 0 aliphatic heterocycles. The Kier molecular flexibility index (Phi) is 6.95. The summed E-state index contributed by atoms with van der Waals surface area (Å²) in [6.07, 6.45) is 11.5. The van der Waals surface area contributed by atoms with E-state index in [1.54, 1.807) is 6.20 Å². The van der Waals surface area contributed by atoms with Crippen LogP contribution in [0, 0.1) is 12.7 Å². The number of H-pyrrole nitrogens is 1. The zero-order valence-corrected chi connectivity index (χ0v) is 20.4. The van der Waals surface area contributed by atoms with Crippen molar-refractivity contribution in [3.8, 4) is 5.82 Å². The summed E-state index contributed by atoms with van der Waals surface area (Å²) in [6.45, 7) is 11.2. The number of nitrogens with zero attached hydrogens (tertiary/aromatic N) is 5. The van der Waals surface area contributed by atoms with Crippen LogP contribution < -0.4 is 5.32 Å². The summed E-state index contributed by atoms with van der Waals surface area (Å²) in [5.41, 5.74) is 3.86. The van der Waals surface area contributed by atoms with Gasteiger partial charge in [0.05, 0.1) is 6.20 Å². The van der Waals surface area contributed by atoms with Crippen molar-refractivity contribution in [2.24, 2.45) is 0 Å². The number of halogens is 1. The second-order valence-corrected chi connectivity index (χ2v) is 8.71. The van der Waals surface area contributed by atoms with Crippen molar-refractivity contribution >= 4 is 22.4 Å². The third-order valence-electron chi connectivity index (χ3n) is 5.59. The predicted molar refractivity (Wildman–Crippen MR) is 135 cm³/mol. The number of anilines is 1. The quantitative estimate of drug-likeness (QED) is 0.323. The zero-order valence-electron chi connectivity index (χ0n) is 20.4. The molecule has 34 heavy (non-hydrogen) atoms. The minimum Gasteiger partial charge on any atom is -0.367 e. The summed E-state index contributed by atoms with van der Waals surface area (Å²) >= 11 is 0. The van der Waals surface area contributed by atoms with Gasteiger partial charge in [0.2, 0.25) is 0 Å². The first-order valence-corrected chi connectivity index (χ1v) is 11.8. The summed E-state index contributed by atoms with van der Waals surface area (Å²) in [7, 11) is 0. The lowest BCUT2D eigenvalue weighted by Gasteiger charge is -2.13. The number of imidazole rings is 2. The van der Waals surface area contributed by atoms with Crippen LogP contribution in [-0.4, -0.2) is 35.4 Å². The highest BCUT2D eigenvalue weighted by molar-refractivity contribution is 5.83. The number of hydrogen-bond acceptors (Lipinski definition) is 4. The predicted octanol–water partition coefficient (Wildman–Crippen LogP) is 6.04. The molecular weight excluding hydrogens is 429 g/mol. The molecule has 0 aliphatic rings. The van der Waals surface area contributed by atoms with Crippen molar-refractivity contribution in [1.29, 1.82) is 0 Å². The van der Waals surface area contributed by atoms with Gasteiger partial charge < -0.3 is 10.3 Å². The highest BCUT2D eigenvalue weighted by Gasteiger charge is 2.15. The van der Waals surface area contributed by atoms with Gasteiger partial charge in [0, 0.05) is 47.9 Å². The zero-order chi connectivity index (χ0) is 24.2. The molecule has 0 unspecified atom stereocenters. The fourth-order valence-electron chi connectivity index (χ4n) is 3.96. The van der Waals surface area contributed by atoms with E-state index in [1.807, 2.05) is 42.3 Å². The Balaban J connectivity index is 0.000000868. The highest BCUT2D eigenvalue weighted by Crippen LogP contribution is 2.24. The van der Waals surface area contributed by atoms with E-state index in [0.717, 1.165) is 51.7 Å². The lowest BCUT2D eigenvalue weighted by atomic mass is 10.1. The van der Waals surface area contributed by atoms with Gasteiger partial charge in [0.15, 0.2) is 17.3 Å². The lowest BCUT2D eigenvalue weighted by Crippen LogP contribution is -2.11. The summed E-state index contributed by atoms with van der Waals surface area (Å²) in [5, 5.41) is 4.49. The molecule has 7 nitrogen and oxygen atoms in total. The number of aromatic amines is 1. The van der Waals surface area contributed by atoms with Crippen LogP contribution in [0.4, 0.5) is 10.2 Å². The average Bonchev–Trinajstić information content (AvgIpc) is 3.52. The molecular formula is C26H32FN7. The van der Waals surface area contributed by atoms with E-state index >= 15 is 0 Å². The van der Waals surface area contributed by atoms with E-state index < -0.39 is 0 Å². The monoisotopic (exact) mass is 461 g/mol. The number of benzene rings is 1. The number of fused-ring (bicyclic) bond motifs is 2. The van der Waals surface area contributed by atoms with Crippen LogP contribution in [0.3, 0.4) is 0 Å². The normalized spacial score (nSPS) is 11.3. The Morgan fingerprint density at radius 3 is 2.68 bits per heavy atom. The van der Waals surface area contributed by atoms with Crippen LogP contribution in [-0.2, 0) is 6.42 Å². The maximum absolute atomic E-state index is 13.5. The fraction of sp³-hybridized carbons (Fsp3) is 0.346. The van der Waals surface area contributed by atoms with E-state index in [0.29, 0.717) is 12.5 Å². The van der Waals surface area contributed by atoms with Crippen molar-refractivity contribution < 1.29 is 4.39 Å². The van der Waals surface area contributed by atoms with Gasteiger partial charge in [-0.05, 0) is 43.0 Å². The largest absolute Gasteiger partial charge is 0.367 e. The number of rotatable bonds is 6. The standard InChI is InChI=1S/C23H24FN7.C3H8/c1-14(2)20-12-28-23-22(29-21(13-31(20)23)30-9-8-25-15(30)3)26-7-6-16-11-27-19-10-17(24)4-5-18(16)19;1-3-2/h4-5,8-14,27H,6-7H2,1-3H3,(H,26,29);3H2,1-2H3. The molecule has 0 saturated carbocycles. The molecule has 5 rings (SSSR count). The topological polar surface area (TPSA) is 75.8 Å². The number of aryl methyl sites for hydroxylation is 1. The smallest absolute Gasteiger partial charge is 0.180 e. The van der Waals surface area contributed by atoms with Crippen LogP contribution in [0.1, 0.15) is 57.1 Å². The van der Waals surface area contributed by atoms with Crippen LogP contribution in [0.5, 0.6) is 0 Å². The Bertz CT molecular complexity index is 1390. The number of hydrogen-bond donors (Lipinski definition) is 2. The van der Waals surface area contributed by atoms with E-state index in [4.69, 9.17) is 4.98 Å². The molecule has 1 aromatic carbocycles. The van der Waals surface area contributed by atoms with Gasteiger partial charge >= 0.3 is 0 Å². The lowest BCUT2D eigenvalue weighted by molar-refractivity contribution is 0.629. The first-order chi connectivity index (χ1) is 16.4. The molecule has 2 N–H and O–H groups in total. The van der Waals surface area contributed by atoms with Crippen LogP contribution in [0.15, 0.2) is 49.2 Å². The van der Waals surface area contributed by atoms with Crippen molar-refractivity contribution in [2.75, 3.05) is 11.9 Å². The maximum Gasteiger partial charge on any atom is 0.180 e. The molecule has 5 aromatic rings. The van der Waals surface area contributed by atoms with Gasteiger partial charge in [-0.3, -0.25) is 8.97 Å². The number of aromatic nitrogens is 6. The van der Waals surface area contributed by atoms with Crippen LogP contribution >= 0.6 is 0 Å². The molecule has 0 spiro atoms. The second-order valence-electron chi connectivity index (χ2n) is 8.71. The summed E-state index contributed by atoms with van der Waals surface area (Å²) in [6, 6.07) is 4.83. The molecule has 4 aromatic heterocycles. The average molecular weight is 462 g/mol. The molecule has 0 saturated heterocycles. The Morgan fingerprint density at radius 2 is 1.97 bits per heavy atom. The summed E-state index contributed by atoms with van der Waals surface area (Å²) < 4.78 is 17.5. The first-order valence-electron chi connectivity index (χ1n) is 11.8. The van der Waals surface area contributed by atoms with Gasteiger partial charge in [-0.2, -0.15) is 0 Å². The Labute approximate surface area is 199 Å². The van der Waals surface area contributed by atoms with E-state index in [9.17, 15) is 4.39 Å². The first kappa shape index (κ1) is 23.5. The molecule has 178 valence electrons. The van der Waals surface area contributed by atoms with E-state index in [1.165, 1.54) is 18.6 Å². The third kappa shape index (κ3) is 4.66. The van der Waals surface area contributed by atoms with Crippen molar-refractivity contribution in [3.05, 3.63) is 72.1 Å². The maximum atomic E-state index is 13.5.